The van der Waals surface area contributed by atoms with Gasteiger partial charge in [-0.15, -0.1) is 0 Å². The lowest BCUT2D eigenvalue weighted by atomic mass is 9.84. The average Bonchev–Trinajstić information content (AvgIpc) is 2.82. The topological polar surface area (TPSA) is 79.3 Å². The summed E-state index contributed by atoms with van der Waals surface area (Å²) in [7, 11) is 1.30. The maximum absolute atomic E-state index is 12.8. The number of halogens is 4. The zero-order chi connectivity index (χ0) is 26.5. The van der Waals surface area contributed by atoms with Crippen molar-refractivity contribution in [3.63, 3.8) is 0 Å². The second-order valence-corrected chi connectivity index (χ2v) is 9.24. The van der Waals surface area contributed by atoms with Crippen molar-refractivity contribution in [1.29, 1.82) is 0 Å². The van der Waals surface area contributed by atoms with E-state index >= 15 is 0 Å². The van der Waals surface area contributed by atoms with Gasteiger partial charge in [-0.05, 0) is 61.7 Å². The number of methoxy groups -OCH3 is 1. The Kier molecular flexibility index (Phi) is 8.86. The molecule has 1 amide bonds. The number of likely N-dealkylation sites (tertiary alicyclic amines) is 1. The third-order valence-electron chi connectivity index (χ3n) is 6.32. The summed E-state index contributed by atoms with van der Waals surface area (Å²) < 4.78 is 48.3. The summed E-state index contributed by atoms with van der Waals surface area (Å²) in [5, 5.41) is 11.9. The largest absolute Gasteiger partial charge is 0.469 e. The van der Waals surface area contributed by atoms with Crippen LogP contribution in [-0.4, -0.2) is 58.9 Å². The van der Waals surface area contributed by atoms with Gasteiger partial charge in [0.1, 0.15) is 12.0 Å². The lowest BCUT2D eigenvalue weighted by Crippen LogP contribution is -2.70. The van der Waals surface area contributed by atoms with Gasteiger partial charge in [-0.3, -0.25) is 14.6 Å². The molecule has 1 heterocycles. The summed E-state index contributed by atoms with van der Waals surface area (Å²) in [6.07, 6.45) is -5.32. The molecular formula is C25H28ClF3N2O5. The molecule has 0 aliphatic carbocycles. The van der Waals surface area contributed by atoms with E-state index in [2.05, 4.69) is 4.74 Å². The molecule has 3 rings (SSSR count). The van der Waals surface area contributed by atoms with Crippen molar-refractivity contribution >= 4 is 23.7 Å². The molecule has 0 spiro atoms. The van der Waals surface area contributed by atoms with Crippen molar-refractivity contribution < 1.29 is 37.3 Å². The summed E-state index contributed by atoms with van der Waals surface area (Å²) in [5.41, 5.74) is -0.990. The van der Waals surface area contributed by atoms with Gasteiger partial charge in [0.15, 0.2) is 0 Å². The lowest BCUT2D eigenvalue weighted by molar-refractivity contribution is -0.147. The number of hydrogen-bond donors (Lipinski definition) is 1. The van der Waals surface area contributed by atoms with E-state index in [0.29, 0.717) is 37.5 Å². The van der Waals surface area contributed by atoms with Crippen LogP contribution >= 0.6 is 11.6 Å². The van der Waals surface area contributed by atoms with E-state index in [4.69, 9.17) is 16.3 Å². The normalized spacial score (nSPS) is 18.5. The molecule has 0 radical (unpaired) electrons. The molecular weight excluding hydrogens is 501 g/mol. The molecule has 2 aromatic rings. The Morgan fingerprint density at radius 2 is 1.81 bits per heavy atom. The number of aliphatic hydroxyl groups is 1. The molecule has 2 unspecified atom stereocenters. The van der Waals surface area contributed by atoms with Crippen molar-refractivity contribution in [2.45, 2.75) is 50.7 Å². The number of nitrogens with zero attached hydrogens (tertiary/aromatic N) is 2. The molecule has 7 nitrogen and oxygen atoms in total. The maximum Gasteiger partial charge on any atom is 0.416 e. The van der Waals surface area contributed by atoms with E-state index in [1.807, 2.05) is 12.1 Å². The van der Waals surface area contributed by atoms with Crippen molar-refractivity contribution in [3.05, 3.63) is 64.7 Å². The number of carbonyl (C=O) groups is 2. The molecule has 1 aliphatic rings. The Morgan fingerprint density at radius 1 is 1.17 bits per heavy atom. The minimum absolute atomic E-state index is 0.0344. The van der Waals surface area contributed by atoms with Gasteiger partial charge >= 0.3 is 18.2 Å². The highest BCUT2D eigenvalue weighted by Crippen LogP contribution is 2.37. The first-order valence-corrected chi connectivity index (χ1v) is 11.7. The van der Waals surface area contributed by atoms with E-state index in [0.717, 1.165) is 29.8 Å². The minimum Gasteiger partial charge on any atom is -0.469 e. The smallest absolute Gasteiger partial charge is 0.416 e. The third-order valence-corrected chi connectivity index (χ3v) is 6.57. The quantitative estimate of drug-likeness (QED) is 0.360. The first-order valence-electron chi connectivity index (χ1n) is 11.3. The molecule has 1 fully saturated rings. The lowest BCUT2D eigenvalue weighted by Gasteiger charge is -2.54. The first kappa shape index (κ1) is 27.8. The SMILES string of the molecule is COC(=O)CCCN(Cc1ccc(Cl)cc1)C(O)C1(C)CCN1C(=O)Oc1ccc(C(F)(F)F)cc1. The average molecular weight is 529 g/mol. The van der Waals surface area contributed by atoms with E-state index in [1.54, 1.807) is 24.0 Å². The van der Waals surface area contributed by atoms with Crippen molar-refractivity contribution in [2.75, 3.05) is 20.2 Å². The van der Waals surface area contributed by atoms with Crippen LogP contribution in [0.5, 0.6) is 5.75 Å². The number of benzene rings is 2. The predicted molar refractivity (Wildman–Crippen MR) is 126 cm³/mol. The van der Waals surface area contributed by atoms with Gasteiger partial charge < -0.3 is 14.6 Å². The van der Waals surface area contributed by atoms with Crippen LogP contribution in [0.2, 0.25) is 5.02 Å². The van der Waals surface area contributed by atoms with Gasteiger partial charge in [-0.25, -0.2) is 4.79 Å². The number of alkyl halides is 3. The standard InChI is InChI=1S/C25H28ClF3N2O5/c1-24(13-15-31(24)23(34)36-20-11-7-18(8-12-20)25(27,28)29)22(33)30(14-3-4-21(32)35-2)16-17-5-9-19(26)10-6-17/h5-12,22,33H,3-4,13-16H2,1-2H3. The van der Waals surface area contributed by atoms with Crippen LogP contribution in [0.4, 0.5) is 18.0 Å². The second-order valence-electron chi connectivity index (χ2n) is 8.80. The number of aliphatic hydroxyl groups excluding tert-OH is 1. The Balaban J connectivity index is 1.71. The highest BCUT2D eigenvalue weighted by Gasteiger charge is 2.51. The van der Waals surface area contributed by atoms with Crippen LogP contribution in [0.25, 0.3) is 0 Å². The summed E-state index contributed by atoms with van der Waals surface area (Å²) in [6, 6.07) is 10.9. The molecule has 1 N–H and O–H groups in total. The van der Waals surface area contributed by atoms with Crippen molar-refractivity contribution in [1.82, 2.24) is 9.80 Å². The maximum atomic E-state index is 12.8. The molecule has 0 aromatic heterocycles. The Morgan fingerprint density at radius 3 is 2.33 bits per heavy atom. The van der Waals surface area contributed by atoms with Gasteiger partial charge in [0.25, 0.3) is 0 Å². The fourth-order valence-electron chi connectivity index (χ4n) is 4.05. The number of hydrogen-bond acceptors (Lipinski definition) is 6. The molecule has 11 heteroatoms. The van der Waals surface area contributed by atoms with E-state index in [1.165, 1.54) is 12.0 Å². The second kappa shape index (κ2) is 11.5. The number of ether oxygens (including phenoxy) is 2. The molecule has 2 atom stereocenters. The van der Waals surface area contributed by atoms with Gasteiger partial charge in [-0.2, -0.15) is 13.2 Å². The number of esters is 1. The highest BCUT2D eigenvalue weighted by molar-refractivity contribution is 6.30. The van der Waals surface area contributed by atoms with Crippen LogP contribution in [-0.2, 0) is 22.3 Å². The van der Waals surface area contributed by atoms with Crippen LogP contribution in [0.3, 0.4) is 0 Å². The summed E-state index contributed by atoms with van der Waals surface area (Å²) in [5.74, 6) is -0.402. The number of carbonyl (C=O) groups excluding carboxylic acids is 2. The van der Waals surface area contributed by atoms with Crippen molar-refractivity contribution in [2.24, 2.45) is 0 Å². The molecule has 36 heavy (non-hydrogen) atoms. The van der Waals surface area contributed by atoms with Crippen LogP contribution in [0.1, 0.15) is 37.3 Å². The van der Waals surface area contributed by atoms with Gasteiger partial charge in [0.05, 0.1) is 18.2 Å². The van der Waals surface area contributed by atoms with Gasteiger partial charge in [0.2, 0.25) is 0 Å². The predicted octanol–water partition coefficient (Wildman–Crippen LogP) is 5.10. The van der Waals surface area contributed by atoms with Crippen LogP contribution in [0.15, 0.2) is 48.5 Å². The molecule has 2 aromatic carbocycles. The molecule has 1 aliphatic heterocycles. The summed E-state index contributed by atoms with van der Waals surface area (Å²) in [6.45, 7) is 2.70. The fourth-order valence-corrected chi connectivity index (χ4v) is 4.17. The molecule has 0 bridgehead atoms. The van der Waals surface area contributed by atoms with Gasteiger partial charge in [-0.1, -0.05) is 23.7 Å². The van der Waals surface area contributed by atoms with Gasteiger partial charge in [0, 0.05) is 31.1 Å². The molecule has 0 saturated carbocycles. The Hall–Kier alpha value is -2.82. The third kappa shape index (κ3) is 6.68. The fraction of sp³-hybridized carbons (Fsp3) is 0.440. The monoisotopic (exact) mass is 528 g/mol. The minimum atomic E-state index is -4.50. The van der Waals surface area contributed by atoms with E-state index < -0.39 is 29.6 Å². The first-order chi connectivity index (χ1) is 16.9. The zero-order valence-electron chi connectivity index (χ0n) is 19.9. The Labute approximate surface area is 212 Å². The molecule has 1 saturated heterocycles. The van der Waals surface area contributed by atoms with Crippen LogP contribution < -0.4 is 4.74 Å². The highest BCUT2D eigenvalue weighted by atomic mass is 35.5. The Bertz CT molecular complexity index is 1050. The van der Waals surface area contributed by atoms with Crippen LogP contribution in [0, 0.1) is 0 Å². The number of rotatable bonds is 9. The van der Waals surface area contributed by atoms with E-state index in [9.17, 15) is 27.9 Å². The number of amides is 1. The van der Waals surface area contributed by atoms with E-state index in [-0.39, 0.29) is 18.1 Å². The summed E-state index contributed by atoms with van der Waals surface area (Å²) in [4.78, 5) is 27.5. The molecule has 196 valence electrons. The zero-order valence-corrected chi connectivity index (χ0v) is 20.7. The van der Waals surface area contributed by atoms with Crippen molar-refractivity contribution in [3.8, 4) is 5.75 Å². The summed E-state index contributed by atoms with van der Waals surface area (Å²) >= 11 is 5.97.